The SMILES string of the molecule is CNC(=O)NC(=O)[C@@H](C)Nc1ccc(C)c(I)c1. The molecule has 0 aromatic heterocycles. The molecule has 3 N–H and O–H groups in total. The number of amides is 3. The van der Waals surface area contributed by atoms with Crippen LogP contribution in [-0.4, -0.2) is 25.0 Å². The summed E-state index contributed by atoms with van der Waals surface area (Å²) in [5.41, 5.74) is 2.04. The fraction of sp³-hybridized carbons (Fsp3) is 0.333. The molecule has 0 aliphatic rings. The van der Waals surface area contributed by atoms with Crippen molar-refractivity contribution in [2.45, 2.75) is 19.9 Å². The Bertz CT molecular complexity index is 463. The lowest BCUT2D eigenvalue weighted by molar-refractivity contribution is -0.120. The highest BCUT2D eigenvalue weighted by atomic mass is 127. The summed E-state index contributed by atoms with van der Waals surface area (Å²) >= 11 is 2.24. The lowest BCUT2D eigenvalue weighted by Crippen LogP contribution is -2.44. The van der Waals surface area contributed by atoms with Crippen molar-refractivity contribution in [1.82, 2.24) is 10.6 Å². The van der Waals surface area contributed by atoms with Crippen molar-refractivity contribution in [3.8, 4) is 0 Å². The minimum atomic E-state index is -0.507. The molecule has 5 nitrogen and oxygen atoms in total. The van der Waals surface area contributed by atoms with Crippen LogP contribution in [0.15, 0.2) is 18.2 Å². The molecular weight excluding hydrogens is 345 g/mol. The van der Waals surface area contributed by atoms with E-state index in [-0.39, 0.29) is 5.91 Å². The van der Waals surface area contributed by atoms with E-state index in [0.29, 0.717) is 0 Å². The van der Waals surface area contributed by atoms with Crippen LogP contribution in [0.2, 0.25) is 0 Å². The highest BCUT2D eigenvalue weighted by Gasteiger charge is 2.14. The Balaban J connectivity index is 2.63. The van der Waals surface area contributed by atoms with E-state index in [0.717, 1.165) is 9.26 Å². The molecule has 0 fully saturated rings. The fourth-order valence-corrected chi connectivity index (χ4v) is 1.80. The molecule has 1 rings (SSSR count). The van der Waals surface area contributed by atoms with E-state index in [1.54, 1.807) is 6.92 Å². The summed E-state index contributed by atoms with van der Waals surface area (Å²) in [4.78, 5) is 22.6. The van der Waals surface area contributed by atoms with Gasteiger partial charge in [0.2, 0.25) is 5.91 Å². The molecule has 0 aliphatic carbocycles. The van der Waals surface area contributed by atoms with Crippen LogP contribution in [0.3, 0.4) is 0 Å². The number of rotatable bonds is 3. The summed E-state index contributed by atoms with van der Waals surface area (Å²) in [6.45, 7) is 3.72. The molecule has 98 valence electrons. The molecule has 0 saturated carbocycles. The Morgan fingerprint density at radius 1 is 1.33 bits per heavy atom. The van der Waals surface area contributed by atoms with E-state index in [1.165, 1.54) is 12.6 Å². The van der Waals surface area contributed by atoms with E-state index in [9.17, 15) is 9.59 Å². The number of carbonyl (C=O) groups is 2. The zero-order chi connectivity index (χ0) is 13.7. The summed E-state index contributed by atoms with van der Waals surface area (Å²) in [7, 11) is 1.46. The lowest BCUT2D eigenvalue weighted by atomic mass is 10.2. The number of hydrogen-bond donors (Lipinski definition) is 3. The quantitative estimate of drug-likeness (QED) is 0.720. The van der Waals surface area contributed by atoms with E-state index in [2.05, 4.69) is 38.5 Å². The van der Waals surface area contributed by atoms with Gasteiger partial charge < -0.3 is 10.6 Å². The summed E-state index contributed by atoms with van der Waals surface area (Å²) in [6, 6.07) is 4.85. The summed E-state index contributed by atoms with van der Waals surface area (Å²) in [5.74, 6) is -0.370. The maximum atomic E-state index is 11.6. The maximum Gasteiger partial charge on any atom is 0.321 e. The standard InChI is InChI=1S/C12H16IN3O2/c1-7-4-5-9(6-10(7)13)15-8(2)11(17)16-12(18)14-3/h4-6,8,15H,1-3H3,(H2,14,16,17,18)/t8-/m1/s1. The minimum absolute atomic E-state index is 0.370. The lowest BCUT2D eigenvalue weighted by Gasteiger charge is -2.15. The van der Waals surface area contributed by atoms with Gasteiger partial charge in [0.15, 0.2) is 0 Å². The second-order valence-corrected chi connectivity index (χ2v) is 5.06. The first-order valence-electron chi connectivity index (χ1n) is 5.49. The number of urea groups is 1. The topological polar surface area (TPSA) is 70.2 Å². The first-order valence-corrected chi connectivity index (χ1v) is 6.57. The van der Waals surface area contributed by atoms with Gasteiger partial charge >= 0.3 is 6.03 Å². The molecule has 6 heteroatoms. The molecule has 0 saturated heterocycles. The molecule has 3 amide bonds. The number of aryl methyl sites for hydroxylation is 1. The number of benzene rings is 1. The van der Waals surface area contributed by atoms with Crippen LogP contribution >= 0.6 is 22.6 Å². The average Bonchev–Trinajstić information content (AvgIpc) is 2.33. The van der Waals surface area contributed by atoms with E-state index >= 15 is 0 Å². The molecule has 0 unspecified atom stereocenters. The van der Waals surface area contributed by atoms with Crippen molar-refractivity contribution in [1.29, 1.82) is 0 Å². The van der Waals surface area contributed by atoms with Crippen LogP contribution in [0.4, 0.5) is 10.5 Å². The Kier molecular flexibility index (Phi) is 5.39. The van der Waals surface area contributed by atoms with Crippen LogP contribution in [0.25, 0.3) is 0 Å². The molecule has 0 spiro atoms. The van der Waals surface area contributed by atoms with Crippen LogP contribution in [0.1, 0.15) is 12.5 Å². The van der Waals surface area contributed by atoms with Crippen molar-refractivity contribution >= 4 is 40.2 Å². The van der Waals surface area contributed by atoms with Crippen molar-refractivity contribution in [2.75, 3.05) is 12.4 Å². The van der Waals surface area contributed by atoms with Crippen LogP contribution in [0.5, 0.6) is 0 Å². The Hall–Kier alpha value is -1.31. The van der Waals surface area contributed by atoms with Gasteiger partial charge in [-0.25, -0.2) is 4.79 Å². The summed E-state index contributed by atoms with van der Waals surface area (Å²) in [5, 5.41) is 7.60. The van der Waals surface area contributed by atoms with Crippen LogP contribution in [-0.2, 0) is 4.79 Å². The highest BCUT2D eigenvalue weighted by Crippen LogP contribution is 2.17. The van der Waals surface area contributed by atoms with Crippen LogP contribution in [0, 0.1) is 10.5 Å². The third kappa shape index (κ3) is 4.17. The van der Waals surface area contributed by atoms with Gasteiger partial charge in [0.05, 0.1) is 0 Å². The number of hydrogen-bond acceptors (Lipinski definition) is 3. The monoisotopic (exact) mass is 361 g/mol. The van der Waals surface area contributed by atoms with Crippen molar-refractivity contribution < 1.29 is 9.59 Å². The third-order valence-electron chi connectivity index (χ3n) is 2.41. The van der Waals surface area contributed by atoms with Gasteiger partial charge in [-0.2, -0.15) is 0 Å². The van der Waals surface area contributed by atoms with Crippen LogP contribution < -0.4 is 16.0 Å². The number of anilines is 1. The molecule has 0 radical (unpaired) electrons. The Morgan fingerprint density at radius 2 is 2.00 bits per heavy atom. The summed E-state index contributed by atoms with van der Waals surface area (Å²) in [6.07, 6.45) is 0. The smallest absolute Gasteiger partial charge is 0.321 e. The average molecular weight is 361 g/mol. The normalized spacial score (nSPS) is 11.6. The first-order chi connectivity index (χ1) is 8.43. The number of nitrogens with one attached hydrogen (secondary N) is 3. The van der Waals surface area contributed by atoms with E-state index in [4.69, 9.17) is 0 Å². The van der Waals surface area contributed by atoms with Gasteiger partial charge in [-0.3, -0.25) is 10.1 Å². The zero-order valence-corrected chi connectivity index (χ0v) is 12.7. The molecular formula is C12H16IN3O2. The van der Waals surface area contributed by atoms with E-state index < -0.39 is 12.1 Å². The van der Waals surface area contributed by atoms with Gasteiger partial charge in [-0.15, -0.1) is 0 Å². The Labute approximate surface area is 120 Å². The van der Waals surface area contributed by atoms with E-state index in [1.807, 2.05) is 25.1 Å². The van der Waals surface area contributed by atoms with Gasteiger partial charge in [-0.1, -0.05) is 6.07 Å². The first kappa shape index (κ1) is 14.7. The van der Waals surface area contributed by atoms with Crippen molar-refractivity contribution in [2.24, 2.45) is 0 Å². The molecule has 0 aliphatic heterocycles. The molecule has 1 atom stereocenters. The Morgan fingerprint density at radius 3 is 2.56 bits per heavy atom. The molecule has 0 bridgehead atoms. The minimum Gasteiger partial charge on any atom is -0.374 e. The predicted octanol–water partition coefficient (Wildman–Crippen LogP) is 1.86. The largest absolute Gasteiger partial charge is 0.374 e. The van der Waals surface area contributed by atoms with Gasteiger partial charge in [0.1, 0.15) is 6.04 Å². The fourth-order valence-electron chi connectivity index (χ4n) is 1.28. The molecule has 0 heterocycles. The maximum absolute atomic E-state index is 11.6. The third-order valence-corrected chi connectivity index (χ3v) is 3.57. The molecule has 18 heavy (non-hydrogen) atoms. The number of carbonyl (C=O) groups excluding carboxylic acids is 2. The van der Waals surface area contributed by atoms with Gasteiger partial charge in [0, 0.05) is 16.3 Å². The predicted molar refractivity (Wildman–Crippen MR) is 79.6 cm³/mol. The van der Waals surface area contributed by atoms with Gasteiger partial charge in [0.25, 0.3) is 0 Å². The molecule has 1 aromatic rings. The zero-order valence-electron chi connectivity index (χ0n) is 10.5. The second kappa shape index (κ2) is 6.58. The number of imide groups is 1. The molecule has 1 aromatic carbocycles. The number of halogens is 1. The van der Waals surface area contributed by atoms with Gasteiger partial charge in [-0.05, 0) is 54.1 Å². The van der Waals surface area contributed by atoms with Crippen molar-refractivity contribution in [3.05, 3.63) is 27.3 Å². The second-order valence-electron chi connectivity index (χ2n) is 3.90. The highest BCUT2D eigenvalue weighted by molar-refractivity contribution is 14.1. The van der Waals surface area contributed by atoms with Crippen molar-refractivity contribution in [3.63, 3.8) is 0 Å². The summed E-state index contributed by atoms with van der Waals surface area (Å²) < 4.78 is 1.12.